The van der Waals surface area contributed by atoms with Crippen LogP contribution in [-0.2, 0) is 4.74 Å². The summed E-state index contributed by atoms with van der Waals surface area (Å²) < 4.78 is 5.00. The van der Waals surface area contributed by atoms with Crippen LogP contribution in [0, 0.1) is 6.42 Å². The van der Waals surface area contributed by atoms with Crippen molar-refractivity contribution in [2.45, 2.75) is 26.2 Å². The molecule has 0 aromatic carbocycles. The second kappa shape index (κ2) is 5.01. The molecule has 69 valence electrons. The van der Waals surface area contributed by atoms with Gasteiger partial charge in [0.25, 0.3) is 0 Å². The predicted molar refractivity (Wildman–Crippen MR) is 46.7 cm³/mol. The van der Waals surface area contributed by atoms with Crippen molar-refractivity contribution in [1.29, 1.82) is 0 Å². The lowest BCUT2D eigenvalue weighted by Crippen LogP contribution is -2.36. The Morgan fingerprint density at radius 3 is 3.08 bits per heavy atom. The minimum atomic E-state index is -0.159. The Bertz CT molecular complexity index is 141. The minimum Gasteiger partial charge on any atom is -0.449 e. The summed E-state index contributed by atoms with van der Waals surface area (Å²) in [6, 6.07) is 0. The molecule has 1 aliphatic heterocycles. The van der Waals surface area contributed by atoms with Crippen LogP contribution < -0.4 is 0 Å². The monoisotopic (exact) mass is 170 g/mol. The van der Waals surface area contributed by atoms with Gasteiger partial charge in [0, 0.05) is 13.1 Å². The molecule has 0 atom stereocenters. The number of nitrogens with zero attached hydrogens (tertiary/aromatic N) is 1. The maximum atomic E-state index is 11.2. The molecule has 1 amide bonds. The van der Waals surface area contributed by atoms with E-state index in [-0.39, 0.29) is 6.09 Å². The van der Waals surface area contributed by atoms with E-state index >= 15 is 0 Å². The molecule has 0 N–H and O–H groups in total. The van der Waals surface area contributed by atoms with Crippen LogP contribution in [0.25, 0.3) is 0 Å². The topological polar surface area (TPSA) is 29.5 Å². The van der Waals surface area contributed by atoms with Gasteiger partial charge in [0.05, 0.1) is 6.61 Å². The number of hydrogen-bond donors (Lipinski definition) is 0. The molecular weight excluding hydrogens is 154 g/mol. The Morgan fingerprint density at radius 2 is 2.50 bits per heavy atom. The molecule has 0 saturated carbocycles. The number of amides is 1. The van der Waals surface area contributed by atoms with Crippen LogP contribution in [-0.4, -0.2) is 30.7 Å². The molecule has 0 aliphatic carbocycles. The smallest absolute Gasteiger partial charge is 0.409 e. The number of carbonyl (C=O) groups is 1. The molecule has 0 spiro atoms. The van der Waals surface area contributed by atoms with E-state index in [1.807, 2.05) is 6.92 Å². The molecule has 1 radical (unpaired) electrons. The highest BCUT2D eigenvalue weighted by Gasteiger charge is 2.16. The fraction of sp³-hybridized carbons (Fsp3) is 0.778. The Hall–Kier alpha value is -0.730. The molecule has 3 heteroatoms. The van der Waals surface area contributed by atoms with Gasteiger partial charge in [0.2, 0.25) is 0 Å². The molecule has 0 aromatic heterocycles. The Labute approximate surface area is 73.7 Å². The fourth-order valence-electron chi connectivity index (χ4n) is 1.21. The van der Waals surface area contributed by atoms with Crippen molar-refractivity contribution in [2.24, 2.45) is 0 Å². The third kappa shape index (κ3) is 2.72. The molecular formula is C9H16NO2. The molecule has 0 unspecified atom stereocenters. The minimum absolute atomic E-state index is 0.159. The standard InChI is InChI=1S/C9H16NO2/c1-2-8-12-9(11)10-6-4-3-5-7-10/h4H,2-3,5-8H2,1H3. The fourth-order valence-corrected chi connectivity index (χ4v) is 1.21. The van der Waals surface area contributed by atoms with Crippen LogP contribution >= 0.6 is 0 Å². The van der Waals surface area contributed by atoms with Crippen molar-refractivity contribution in [1.82, 2.24) is 4.90 Å². The zero-order valence-electron chi connectivity index (χ0n) is 7.58. The van der Waals surface area contributed by atoms with E-state index in [1.54, 1.807) is 4.90 Å². The average molecular weight is 170 g/mol. The highest BCUT2D eigenvalue weighted by Crippen LogP contribution is 2.08. The molecule has 1 rings (SSSR count). The van der Waals surface area contributed by atoms with Crippen LogP contribution in [0.1, 0.15) is 26.2 Å². The lowest BCUT2D eigenvalue weighted by Gasteiger charge is -2.25. The second-order valence-electron chi connectivity index (χ2n) is 2.99. The van der Waals surface area contributed by atoms with Crippen LogP contribution in [0.2, 0.25) is 0 Å². The summed E-state index contributed by atoms with van der Waals surface area (Å²) in [5.74, 6) is 0. The van der Waals surface area contributed by atoms with Crippen molar-refractivity contribution in [3.05, 3.63) is 6.42 Å². The van der Waals surface area contributed by atoms with Gasteiger partial charge in [0.15, 0.2) is 0 Å². The van der Waals surface area contributed by atoms with Gasteiger partial charge in [-0.15, -0.1) is 0 Å². The van der Waals surface area contributed by atoms with E-state index in [0.717, 1.165) is 32.4 Å². The maximum absolute atomic E-state index is 11.2. The first-order valence-electron chi connectivity index (χ1n) is 4.58. The Balaban J connectivity index is 2.20. The van der Waals surface area contributed by atoms with Gasteiger partial charge in [-0.3, -0.25) is 0 Å². The third-order valence-electron chi connectivity index (χ3n) is 1.87. The molecule has 1 fully saturated rings. The van der Waals surface area contributed by atoms with Crippen LogP contribution in [0.3, 0.4) is 0 Å². The molecule has 1 aliphatic rings. The number of likely N-dealkylation sites (tertiary alicyclic amines) is 1. The molecule has 0 bridgehead atoms. The van der Waals surface area contributed by atoms with Crippen LogP contribution in [0.4, 0.5) is 4.79 Å². The van der Waals surface area contributed by atoms with Gasteiger partial charge >= 0.3 is 6.09 Å². The lowest BCUT2D eigenvalue weighted by atomic mass is 10.1. The summed E-state index contributed by atoms with van der Waals surface area (Å²) in [5, 5.41) is 0. The van der Waals surface area contributed by atoms with Crippen molar-refractivity contribution >= 4 is 6.09 Å². The molecule has 1 saturated heterocycles. The van der Waals surface area contributed by atoms with E-state index < -0.39 is 0 Å². The number of hydrogen-bond acceptors (Lipinski definition) is 2. The number of piperidine rings is 1. The van der Waals surface area contributed by atoms with E-state index in [9.17, 15) is 4.79 Å². The molecule has 0 aromatic rings. The maximum Gasteiger partial charge on any atom is 0.409 e. The Kier molecular flexibility index (Phi) is 3.91. The largest absolute Gasteiger partial charge is 0.449 e. The van der Waals surface area contributed by atoms with E-state index in [0.29, 0.717) is 6.61 Å². The third-order valence-corrected chi connectivity index (χ3v) is 1.87. The van der Waals surface area contributed by atoms with Gasteiger partial charge in [-0.1, -0.05) is 6.92 Å². The number of carbonyl (C=O) groups excluding carboxylic acids is 1. The highest BCUT2D eigenvalue weighted by molar-refractivity contribution is 5.67. The Morgan fingerprint density at radius 1 is 1.67 bits per heavy atom. The SMILES string of the molecule is CCCOC(=O)N1C[CH]CCC1. The van der Waals surface area contributed by atoms with Crippen LogP contribution in [0.5, 0.6) is 0 Å². The first-order valence-corrected chi connectivity index (χ1v) is 4.58. The summed E-state index contributed by atoms with van der Waals surface area (Å²) >= 11 is 0. The van der Waals surface area contributed by atoms with Gasteiger partial charge in [0.1, 0.15) is 0 Å². The van der Waals surface area contributed by atoms with E-state index in [2.05, 4.69) is 6.42 Å². The van der Waals surface area contributed by atoms with Crippen molar-refractivity contribution < 1.29 is 9.53 Å². The molecule has 12 heavy (non-hydrogen) atoms. The summed E-state index contributed by atoms with van der Waals surface area (Å²) in [6.45, 7) is 4.13. The summed E-state index contributed by atoms with van der Waals surface area (Å²) in [4.78, 5) is 13.0. The average Bonchev–Trinajstić information content (AvgIpc) is 2.15. The quantitative estimate of drug-likeness (QED) is 0.632. The lowest BCUT2D eigenvalue weighted by molar-refractivity contribution is 0.101. The van der Waals surface area contributed by atoms with Crippen molar-refractivity contribution in [2.75, 3.05) is 19.7 Å². The number of ether oxygens (including phenoxy) is 1. The van der Waals surface area contributed by atoms with Crippen molar-refractivity contribution in [3.8, 4) is 0 Å². The van der Waals surface area contributed by atoms with Gasteiger partial charge in [-0.25, -0.2) is 4.79 Å². The first kappa shape index (κ1) is 9.36. The predicted octanol–water partition coefficient (Wildman–Crippen LogP) is 1.83. The van der Waals surface area contributed by atoms with Crippen molar-refractivity contribution in [3.63, 3.8) is 0 Å². The van der Waals surface area contributed by atoms with Gasteiger partial charge in [-0.2, -0.15) is 0 Å². The summed E-state index contributed by atoms with van der Waals surface area (Å²) in [6.07, 6.45) is 5.05. The second-order valence-corrected chi connectivity index (χ2v) is 2.99. The van der Waals surface area contributed by atoms with Gasteiger partial charge in [-0.05, 0) is 25.7 Å². The summed E-state index contributed by atoms with van der Waals surface area (Å²) in [5.41, 5.74) is 0. The highest BCUT2D eigenvalue weighted by atomic mass is 16.6. The molecule has 3 nitrogen and oxygen atoms in total. The molecule has 1 heterocycles. The van der Waals surface area contributed by atoms with E-state index in [1.165, 1.54) is 0 Å². The first-order chi connectivity index (χ1) is 5.84. The van der Waals surface area contributed by atoms with Crippen LogP contribution in [0.15, 0.2) is 0 Å². The van der Waals surface area contributed by atoms with Gasteiger partial charge < -0.3 is 9.64 Å². The zero-order chi connectivity index (χ0) is 8.81. The summed E-state index contributed by atoms with van der Waals surface area (Å²) in [7, 11) is 0. The number of rotatable bonds is 2. The zero-order valence-corrected chi connectivity index (χ0v) is 7.58. The normalized spacial score (nSPS) is 17.6. The van der Waals surface area contributed by atoms with E-state index in [4.69, 9.17) is 4.74 Å².